The summed E-state index contributed by atoms with van der Waals surface area (Å²) in [5.41, 5.74) is 5.05. The summed E-state index contributed by atoms with van der Waals surface area (Å²) in [6.45, 7) is 8.79. The first-order valence-corrected chi connectivity index (χ1v) is 7.32. The van der Waals surface area contributed by atoms with Crippen LogP contribution in [0.4, 0.5) is 5.69 Å². The molecule has 1 unspecified atom stereocenters. The standard InChI is InChI=1S/C18H24N2/c1-13(2)11-16-5-7-17(8-6-16)15(4)20-18-12-19-10-9-14(18)3/h5-10,12-13,15,20H,11H2,1-4H3. The Labute approximate surface area is 122 Å². The van der Waals surface area contributed by atoms with Crippen molar-refractivity contribution in [3.05, 3.63) is 59.4 Å². The van der Waals surface area contributed by atoms with Crippen molar-refractivity contribution in [3.8, 4) is 0 Å². The maximum Gasteiger partial charge on any atom is 0.0561 e. The Hall–Kier alpha value is -1.83. The molecule has 0 amide bonds. The van der Waals surface area contributed by atoms with Crippen molar-refractivity contribution >= 4 is 5.69 Å². The summed E-state index contributed by atoms with van der Waals surface area (Å²) in [7, 11) is 0. The molecule has 1 heterocycles. The SMILES string of the molecule is Cc1ccncc1NC(C)c1ccc(CC(C)C)cc1. The third-order valence-corrected chi connectivity index (χ3v) is 3.53. The van der Waals surface area contributed by atoms with Crippen LogP contribution in [0.2, 0.25) is 0 Å². The van der Waals surface area contributed by atoms with Gasteiger partial charge in [0.15, 0.2) is 0 Å². The topological polar surface area (TPSA) is 24.9 Å². The second kappa shape index (κ2) is 6.56. The van der Waals surface area contributed by atoms with Gasteiger partial charge < -0.3 is 5.32 Å². The summed E-state index contributed by atoms with van der Waals surface area (Å²) in [6, 6.07) is 11.2. The molecule has 2 nitrogen and oxygen atoms in total. The minimum atomic E-state index is 0.283. The third kappa shape index (κ3) is 3.83. The summed E-state index contributed by atoms with van der Waals surface area (Å²) in [5, 5.41) is 3.52. The number of hydrogen-bond donors (Lipinski definition) is 1. The van der Waals surface area contributed by atoms with Gasteiger partial charge in [-0.1, -0.05) is 38.1 Å². The number of aromatic nitrogens is 1. The van der Waals surface area contributed by atoms with Gasteiger partial charge >= 0.3 is 0 Å². The molecule has 0 aliphatic rings. The van der Waals surface area contributed by atoms with Crippen LogP contribution in [0.3, 0.4) is 0 Å². The smallest absolute Gasteiger partial charge is 0.0561 e. The average molecular weight is 268 g/mol. The zero-order valence-electron chi connectivity index (χ0n) is 12.9. The van der Waals surface area contributed by atoms with Gasteiger partial charge in [0.1, 0.15) is 0 Å². The van der Waals surface area contributed by atoms with E-state index in [2.05, 4.69) is 62.3 Å². The van der Waals surface area contributed by atoms with E-state index in [9.17, 15) is 0 Å². The molecule has 20 heavy (non-hydrogen) atoms. The molecule has 2 rings (SSSR count). The van der Waals surface area contributed by atoms with Gasteiger partial charge in [0.25, 0.3) is 0 Å². The van der Waals surface area contributed by atoms with Gasteiger partial charge in [-0.05, 0) is 48.9 Å². The third-order valence-electron chi connectivity index (χ3n) is 3.53. The first-order chi connectivity index (χ1) is 9.56. The van der Waals surface area contributed by atoms with E-state index < -0.39 is 0 Å². The van der Waals surface area contributed by atoms with Crippen molar-refractivity contribution in [2.75, 3.05) is 5.32 Å². The molecule has 1 N–H and O–H groups in total. The second-order valence-corrected chi connectivity index (χ2v) is 5.90. The minimum absolute atomic E-state index is 0.283. The van der Waals surface area contributed by atoms with Crippen LogP contribution in [0.5, 0.6) is 0 Å². The number of nitrogens with zero attached hydrogens (tertiary/aromatic N) is 1. The number of benzene rings is 1. The molecular weight excluding hydrogens is 244 g/mol. The van der Waals surface area contributed by atoms with Gasteiger partial charge in [-0.15, -0.1) is 0 Å². The fourth-order valence-corrected chi connectivity index (χ4v) is 2.35. The molecule has 0 bridgehead atoms. The Morgan fingerprint density at radius 1 is 1.05 bits per heavy atom. The quantitative estimate of drug-likeness (QED) is 0.845. The predicted molar refractivity (Wildman–Crippen MR) is 86.0 cm³/mol. The largest absolute Gasteiger partial charge is 0.377 e. The number of rotatable bonds is 5. The first kappa shape index (κ1) is 14.6. The van der Waals surface area contributed by atoms with Gasteiger partial charge in [0.05, 0.1) is 11.9 Å². The lowest BCUT2D eigenvalue weighted by atomic mass is 10.00. The lowest BCUT2D eigenvalue weighted by molar-refractivity contribution is 0.647. The van der Waals surface area contributed by atoms with Gasteiger partial charge in [0, 0.05) is 12.2 Å². The van der Waals surface area contributed by atoms with Gasteiger partial charge in [0.2, 0.25) is 0 Å². The number of pyridine rings is 1. The average Bonchev–Trinajstić information content (AvgIpc) is 2.41. The highest BCUT2D eigenvalue weighted by atomic mass is 14.9. The molecule has 0 fully saturated rings. The van der Waals surface area contributed by atoms with Gasteiger partial charge in [-0.2, -0.15) is 0 Å². The number of anilines is 1. The van der Waals surface area contributed by atoms with Crippen molar-refractivity contribution in [2.45, 2.75) is 40.2 Å². The van der Waals surface area contributed by atoms with Gasteiger partial charge in [-0.25, -0.2) is 0 Å². The van der Waals surface area contributed by atoms with Crippen LogP contribution in [-0.2, 0) is 6.42 Å². The van der Waals surface area contributed by atoms with Crippen molar-refractivity contribution < 1.29 is 0 Å². The van der Waals surface area contributed by atoms with Crippen LogP contribution in [-0.4, -0.2) is 4.98 Å². The van der Waals surface area contributed by atoms with E-state index in [1.54, 1.807) is 0 Å². The highest BCUT2D eigenvalue weighted by Gasteiger charge is 2.07. The Morgan fingerprint density at radius 2 is 1.75 bits per heavy atom. The highest BCUT2D eigenvalue weighted by Crippen LogP contribution is 2.22. The predicted octanol–water partition coefficient (Wildman–Crippen LogP) is 4.76. The zero-order valence-corrected chi connectivity index (χ0v) is 12.9. The zero-order chi connectivity index (χ0) is 14.5. The Balaban J connectivity index is 2.06. The molecule has 1 aromatic heterocycles. The molecule has 106 valence electrons. The normalized spacial score (nSPS) is 12.4. The molecule has 0 spiro atoms. The van der Waals surface area contributed by atoms with Crippen molar-refractivity contribution in [3.63, 3.8) is 0 Å². The fourth-order valence-electron chi connectivity index (χ4n) is 2.35. The summed E-state index contributed by atoms with van der Waals surface area (Å²) < 4.78 is 0. The van der Waals surface area contributed by atoms with Crippen LogP contribution in [0, 0.1) is 12.8 Å². The van der Waals surface area contributed by atoms with Crippen LogP contribution in [0.1, 0.15) is 43.5 Å². The highest BCUT2D eigenvalue weighted by molar-refractivity contribution is 5.49. The minimum Gasteiger partial charge on any atom is -0.377 e. The van der Waals surface area contributed by atoms with E-state index in [1.807, 2.05) is 18.5 Å². The van der Waals surface area contributed by atoms with E-state index in [-0.39, 0.29) is 6.04 Å². The molecule has 0 aliphatic carbocycles. The van der Waals surface area contributed by atoms with Gasteiger partial charge in [-0.3, -0.25) is 4.98 Å². The summed E-state index contributed by atoms with van der Waals surface area (Å²) in [6.07, 6.45) is 4.86. The van der Waals surface area contributed by atoms with Crippen LogP contribution in [0.25, 0.3) is 0 Å². The van der Waals surface area contributed by atoms with E-state index in [0.717, 1.165) is 12.1 Å². The molecule has 0 saturated carbocycles. The van der Waals surface area contributed by atoms with Crippen molar-refractivity contribution in [2.24, 2.45) is 5.92 Å². The first-order valence-electron chi connectivity index (χ1n) is 7.32. The monoisotopic (exact) mass is 268 g/mol. The van der Waals surface area contributed by atoms with Crippen LogP contribution < -0.4 is 5.32 Å². The Morgan fingerprint density at radius 3 is 2.35 bits per heavy atom. The maximum atomic E-state index is 4.18. The number of nitrogens with one attached hydrogen (secondary N) is 1. The number of aryl methyl sites for hydroxylation is 1. The van der Waals surface area contributed by atoms with E-state index in [4.69, 9.17) is 0 Å². The van der Waals surface area contributed by atoms with E-state index in [0.29, 0.717) is 5.92 Å². The van der Waals surface area contributed by atoms with Crippen molar-refractivity contribution in [1.82, 2.24) is 4.98 Å². The molecule has 2 heteroatoms. The lowest BCUT2D eigenvalue weighted by Gasteiger charge is -2.17. The summed E-state index contributed by atoms with van der Waals surface area (Å²) in [4.78, 5) is 4.18. The van der Waals surface area contributed by atoms with E-state index >= 15 is 0 Å². The molecular formula is C18H24N2. The second-order valence-electron chi connectivity index (χ2n) is 5.90. The molecule has 1 atom stereocenters. The van der Waals surface area contributed by atoms with E-state index in [1.165, 1.54) is 16.7 Å². The molecule has 1 aromatic carbocycles. The van der Waals surface area contributed by atoms with Crippen molar-refractivity contribution in [1.29, 1.82) is 0 Å². The Bertz CT molecular complexity index is 544. The van der Waals surface area contributed by atoms with Crippen LogP contribution in [0.15, 0.2) is 42.7 Å². The molecule has 0 radical (unpaired) electrons. The molecule has 0 saturated heterocycles. The summed E-state index contributed by atoms with van der Waals surface area (Å²) >= 11 is 0. The lowest BCUT2D eigenvalue weighted by Crippen LogP contribution is -2.08. The molecule has 2 aromatic rings. The summed E-state index contributed by atoms with van der Waals surface area (Å²) in [5.74, 6) is 0.703. The molecule has 0 aliphatic heterocycles. The van der Waals surface area contributed by atoms with Crippen LogP contribution >= 0.6 is 0 Å². The fraction of sp³-hybridized carbons (Fsp3) is 0.389. The Kier molecular flexibility index (Phi) is 4.78. The maximum absolute atomic E-state index is 4.18. The number of hydrogen-bond acceptors (Lipinski definition) is 2.